The van der Waals surface area contributed by atoms with E-state index in [1.807, 2.05) is 0 Å². The van der Waals surface area contributed by atoms with Crippen molar-refractivity contribution in [2.75, 3.05) is 24.5 Å². The maximum Gasteiger partial charge on any atom is 0.266 e. The van der Waals surface area contributed by atoms with Crippen LogP contribution < -0.4 is 10.2 Å². The van der Waals surface area contributed by atoms with Crippen molar-refractivity contribution in [1.82, 2.24) is 15.5 Å². The molecule has 112 valence electrons. The molecule has 5 heteroatoms. The Labute approximate surface area is 121 Å². The summed E-state index contributed by atoms with van der Waals surface area (Å²) in [6.07, 6.45) is 8.60. The normalized spacial score (nSPS) is 27.8. The lowest BCUT2D eigenvalue weighted by molar-refractivity contribution is 0.284. The van der Waals surface area contributed by atoms with Gasteiger partial charge in [0.15, 0.2) is 0 Å². The molecular weight excluding hydrogens is 252 g/mol. The highest BCUT2D eigenvalue weighted by atomic mass is 16.5. The van der Waals surface area contributed by atoms with E-state index in [9.17, 15) is 0 Å². The van der Waals surface area contributed by atoms with Crippen molar-refractivity contribution < 1.29 is 4.52 Å². The minimum atomic E-state index is 0.468. The standard InChI is InChI=1S/C15H26N4O/c1-2-16-13-8-6-12(7-9-13)14-17-15(18-20-14)19-10-4-3-5-11-19/h12-13,16H,2-11H2,1H3. The monoisotopic (exact) mass is 278 g/mol. The number of nitrogens with one attached hydrogen (secondary N) is 1. The lowest BCUT2D eigenvalue weighted by Gasteiger charge is -2.27. The largest absolute Gasteiger partial charge is 0.338 e. The van der Waals surface area contributed by atoms with E-state index >= 15 is 0 Å². The number of rotatable bonds is 4. The number of anilines is 1. The molecule has 3 rings (SSSR count). The Bertz CT molecular complexity index is 406. The van der Waals surface area contributed by atoms with Crippen LogP contribution in [0.4, 0.5) is 5.95 Å². The van der Waals surface area contributed by atoms with Gasteiger partial charge in [0.05, 0.1) is 0 Å². The number of hydrogen-bond donors (Lipinski definition) is 1. The van der Waals surface area contributed by atoms with Crippen LogP contribution in [-0.2, 0) is 0 Å². The second-order valence-electron chi connectivity index (χ2n) is 6.09. The Morgan fingerprint density at radius 1 is 1.15 bits per heavy atom. The Kier molecular flexibility index (Phi) is 4.55. The maximum absolute atomic E-state index is 5.53. The average Bonchev–Trinajstić information content (AvgIpc) is 2.99. The molecule has 0 spiro atoms. The van der Waals surface area contributed by atoms with Crippen LogP contribution in [0.1, 0.15) is 63.7 Å². The van der Waals surface area contributed by atoms with Gasteiger partial charge in [0.25, 0.3) is 5.95 Å². The molecule has 0 aromatic carbocycles. The number of nitrogens with zero attached hydrogens (tertiary/aromatic N) is 3. The maximum atomic E-state index is 5.53. The summed E-state index contributed by atoms with van der Waals surface area (Å²) in [6, 6.07) is 0.681. The molecule has 1 saturated carbocycles. The van der Waals surface area contributed by atoms with E-state index in [1.54, 1.807) is 0 Å². The highest BCUT2D eigenvalue weighted by Crippen LogP contribution is 2.32. The van der Waals surface area contributed by atoms with Gasteiger partial charge in [-0.1, -0.05) is 6.92 Å². The van der Waals surface area contributed by atoms with E-state index in [4.69, 9.17) is 4.52 Å². The zero-order valence-corrected chi connectivity index (χ0v) is 12.5. The first-order chi connectivity index (χ1) is 9.86. The van der Waals surface area contributed by atoms with Gasteiger partial charge in [-0.25, -0.2) is 0 Å². The quantitative estimate of drug-likeness (QED) is 0.917. The minimum Gasteiger partial charge on any atom is -0.338 e. The molecule has 0 radical (unpaired) electrons. The van der Waals surface area contributed by atoms with Crippen LogP contribution in [0.25, 0.3) is 0 Å². The second kappa shape index (κ2) is 6.57. The average molecular weight is 278 g/mol. The van der Waals surface area contributed by atoms with Gasteiger partial charge in [0, 0.05) is 25.0 Å². The van der Waals surface area contributed by atoms with Gasteiger partial charge in [0.2, 0.25) is 5.89 Å². The fourth-order valence-electron chi connectivity index (χ4n) is 3.45. The SMILES string of the molecule is CCNC1CCC(c2nc(N3CCCCC3)no2)CC1. The number of piperidine rings is 1. The van der Waals surface area contributed by atoms with Crippen LogP contribution in [0.5, 0.6) is 0 Å². The van der Waals surface area contributed by atoms with Crippen molar-refractivity contribution in [2.45, 2.75) is 63.8 Å². The van der Waals surface area contributed by atoms with Crippen LogP contribution >= 0.6 is 0 Å². The molecule has 1 N–H and O–H groups in total. The minimum absolute atomic E-state index is 0.468. The molecule has 1 saturated heterocycles. The summed E-state index contributed by atoms with van der Waals surface area (Å²) in [5.74, 6) is 2.14. The second-order valence-corrected chi connectivity index (χ2v) is 6.09. The van der Waals surface area contributed by atoms with Crippen molar-refractivity contribution in [3.8, 4) is 0 Å². The zero-order chi connectivity index (χ0) is 13.8. The molecule has 2 heterocycles. The van der Waals surface area contributed by atoms with Gasteiger partial charge >= 0.3 is 0 Å². The molecule has 0 unspecified atom stereocenters. The third kappa shape index (κ3) is 3.14. The Balaban J connectivity index is 1.57. The lowest BCUT2D eigenvalue weighted by Crippen LogP contribution is -2.32. The van der Waals surface area contributed by atoms with Crippen molar-refractivity contribution in [2.24, 2.45) is 0 Å². The highest BCUT2D eigenvalue weighted by molar-refractivity contribution is 5.28. The molecule has 1 aromatic heterocycles. The smallest absolute Gasteiger partial charge is 0.266 e. The topological polar surface area (TPSA) is 54.2 Å². The molecule has 0 atom stereocenters. The molecule has 20 heavy (non-hydrogen) atoms. The summed E-state index contributed by atoms with van der Waals surface area (Å²) in [5.41, 5.74) is 0. The molecule has 1 aliphatic heterocycles. The van der Waals surface area contributed by atoms with Gasteiger partial charge in [-0.3, -0.25) is 0 Å². The van der Waals surface area contributed by atoms with Gasteiger partial charge < -0.3 is 14.7 Å². The fraction of sp³-hybridized carbons (Fsp3) is 0.867. The van der Waals surface area contributed by atoms with E-state index < -0.39 is 0 Å². The van der Waals surface area contributed by atoms with Crippen molar-refractivity contribution in [1.29, 1.82) is 0 Å². The summed E-state index contributed by atoms with van der Waals surface area (Å²) < 4.78 is 5.53. The summed E-state index contributed by atoms with van der Waals surface area (Å²) in [5, 5.41) is 7.73. The van der Waals surface area contributed by atoms with E-state index in [-0.39, 0.29) is 0 Å². The van der Waals surface area contributed by atoms with E-state index in [0.717, 1.165) is 31.5 Å². The first kappa shape index (κ1) is 13.9. The van der Waals surface area contributed by atoms with Crippen molar-refractivity contribution >= 4 is 5.95 Å². The third-order valence-electron chi connectivity index (χ3n) is 4.64. The highest BCUT2D eigenvalue weighted by Gasteiger charge is 2.27. The Morgan fingerprint density at radius 2 is 1.90 bits per heavy atom. The first-order valence-corrected chi connectivity index (χ1v) is 8.18. The molecule has 1 aromatic rings. The summed E-state index contributed by atoms with van der Waals surface area (Å²) >= 11 is 0. The zero-order valence-electron chi connectivity index (χ0n) is 12.5. The molecular formula is C15H26N4O. The summed E-state index contributed by atoms with van der Waals surface area (Å²) in [7, 11) is 0. The Hall–Kier alpha value is -1.10. The van der Waals surface area contributed by atoms with Crippen LogP contribution in [0, 0.1) is 0 Å². The van der Waals surface area contributed by atoms with Crippen molar-refractivity contribution in [3.05, 3.63) is 5.89 Å². The fourth-order valence-corrected chi connectivity index (χ4v) is 3.45. The van der Waals surface area contributed by atoms with Crippen LogP contribution in [0.3, 0.4) is 0 Å². The Morgan fingerprint density at radius 3 is 2.60 bits per heavy atom. The van der Waals surface area contributed by atoms with Crippen molar-refractivity contribution in [3.63, 3.8) is 0 Å². The van der Waals surface area contributed by atoms with Gasteiger partial charge in [-0.05, 0) is 56.6 Å². The summed E-state index contributed by atoms with van der Waals surface area (Å²) in [6.45, 7) is 5.39. The van der Waals surface area contributed by atoms with E-state index in [2.05, 4.69) is 27.3 Å². The molecule has 1 aliphatic carbocycles. The first-order valence-electron chi connectivity index (χ1n) is 8.18. The van der Waals surface area contributed by atoms with E-state index in [1.165, 1.54) is 44.9 Å². The van der Waals surface area contributed by atoms with Gasteiger partial charge in [-0.15, -0.1) is 0 Å². The molecule has 2 aliphatic rings. The summed E-state index contributed by atoms with van der Waals surface area (Å²) in [4.78, 5) is 6.92. The molecule has 5 nitrogen and oxygen atoms in total. The molecule has 2 fully saturated rings. The van der Waals surface area contributed by atoms with E-state index in [0.29, 0.717) is 12.0 Å². The van der Waals surface area contributed by atoms with Crippen LogP contribution in [0.2, 0.25) is 0 Å². The predicted octanol–water partition coefficient (Wildman–Crippen LogP) is 2.70. The third-order valence-corrected chi connectivity index (χ3v) is 4.64. The molecule has 0 bridgehead atoms. The predicted molar refractivity (Wildman–Crippen MR) is 79.0 cm³/mol. The van der Waals surface area contributed by atoms with Crippen LogP contribution in [0.15, 0.2) is 4.52 Å². The van der Waals surface area contributed by atoms with Crippen LogP contribution in [-0.4, -0.2) is 35.8 Å². The van der Waals surface area contributed by atoms with Gasteiger partial charge in [0.1, 0.15) is 0 Å². The molecule has 0 amide bonds. The number of aromatic nitrogens is 2. The van der Waals surface area contributed by atoms with Gasteiger partial charge in [-0.2, -0.15) is 4.98 Å². The number of hydrogen-bond acceptors (Lipinski definition) is 5. The lowest BCUT2D eigenvalue weighted by atomic mass is 9.86.